The molecule has 1 heterocycles. The van der Waals surface area contributed by atoms with E-state index in [4.69, 9.17) is 14.2 Å². The summed E-state index contributed by atoms with van der Waals surface area (Å²) in [7, 11) is 1.33. The zero-order valence-corrected chi connectivity index (χ0v) is 13.8. The highest BCUT2D eigenvalue weighted by Gasteiger charge is 2.39. The Bertz CT molecular complexity index is 543. The molecule has 6 heteroatoms. The van der Waals surface area contributed by atoms with Crippen LogP contribution in [-0.4, -0.2) is 42.4 Å². The summed E-state index contributed by atoms with van der Waals surface area (Å²) in [5, 5.41) is 0. The molecule has 1 aromatic carbocycles. The van der Waals surface area contributed by atoms with Gasteiger partial charge in [-0.2, -0.15) is 0 Å². The van der Waals surface area contributed by atoms with Crippen molar-refractivity contribution in [3.63, 3.8) is 0 Å². The first kappa shape index (κ1) is 17.3. The number of carbonyl (C=O) groups excluding carboxylic acids is 2. The van der Waals surface area contributed by atoms with Crippen molar-refractivity contribution in [3.05, 3.63) is 35.9 Å². The van der Waals surface area contributed by atoms with Gasteiger partial charge < -0.3 is 14.2 Å². The number of likely N-dealkylation sites (tertiary alicyclic amines) is 1. The van der Waals surface area contributed by atoms with Gasteiger partial charge in [0.25, 0.3) is 0 Å². The number of hydrogen-bond acceptors (Lipinski definition) is 5. The van der Waals surface area contributed by atoms with Gasteiger partial charge in [-0.15, -0.1) is 0 Å². The molecule has 126 valence electrons. The monoisotopic (exact) mass is 321 g/mol. The second-order valence-corrected chi connectivity index (χ2v) is 5.95. The average Bonchev–Trinajstić information content (AvgIpc) is 3.00. The first-order chi connectivity index (χ1) is 10.9. The van der Waals surface area contributed by atoms with Gasteiger partial charge in [-0.25, -0.2) is 9.59 Å². The molecule has 0 aliphatic carbocycles. The number of benzene rings is 1. The van der Waals surface area contributed by atoms with E-state index in [9.17, 15) is 9.59 Å². The normalized spacial score (nSPS) is 17.9. The van der Waals surface area contributed by atoms with E-state index < -0.39 is 23.9 Å². The summed E-state index contributed by atoms with van der Waals surface area (Å²) in [4.78, 5) is 25.5. The highest BCUT2D eigenvalue weighted by atomic mass is 16.6. The number of amides is 1. The number of methoxy groups -OCH3 is 1. The predicted octanol–water partition coefficient (Wildman–Crippen LogP) is 2.71. The summed E-state index contributed by atoms with van der Waals surface area (Å²) in [5.74, 6) is -0.460. The van der Waals surface area contributed by atoms with Crippen molar-refractivity contribution in [2.45, 2.75) is 45.1 Å². The minimum Gasteiger partial charge on any atom is -0.459 e. The molecule has 23 heavy (non-hydrogen) atoms. The van der Waals surface area contributed by atoms with Crippen LogP contribution >= 0.6 is 0 Å². The van der Waals surface area contributed by atoms with Gasteiger partial charge in [0.05, 0.1) is 7.11 Å². The number of esters is 1. The van der Waals surface area contributed by atoms with Gasteiger partial charge in [-0.3, -0.25) is 4.90 Å². The third-order valence-electron chi connectivity index (χ3n) is 3.74. The summed E-state index contributed by atoms with van der Waals surface area (Å²) in [5.41, 5.74) is -0.232. The van der Waals surface area contributed by atoms with Crippen LogP contribution in [0.5, 0.6) is 0 Å². The lowest BCUT2D eigenvalue weighted by molar-refractivity contribution is -0.184. The molecule has 0 unspecified atom stereocenters. The Kier molecular flexibility index (Phi) is 5.60. The maximum Gasteiger partial charge on any atom is 0.411 e. The van der Waals surface area contributed by atoms with E-state index in [1.54, 1.807) is 13.8 Å². The van der Waals surface area contributed by atoms with Crippen LogP contribution in [0.25, 0.3) is 0 Å². The van der Waals surface area contributed by atoms with Crippen LogP contribution in [0.2, 0.25) is 0 Å². The summed E-state index contributed by atoms with van der Waals surface area (Å²) >= 11 is 0. The highest BCUT2D eigenvalue weighted by Crippen LogP contribution is 2.25. The van der Waals surface area contributed by atoms with E-state index in [2.05, 4.69) is 0 Å². The topological polar surface area (TPSA) is 65.1 Å². The summed E-state index contributed by atoms with van der Waals surface area (Å²) < 4.78 is 15.9. The van der Waals surface area contributed by atoms with Crippen molar-refractivity contribution in [2.75, 3.05) is 13.7 Å². The summed E-state index contributed by atoms with van der Waals surface area (Å²) in [6, 6.07) is 9.45. The Morgan fingerprint density at radius 2 is 1.96 bits per heavy atom. The van der Waals surface area contributed by atoms with Gasteiger partial charge in [-0.1, -0.05) is 30.3 Å². The van der Waals surface area contributed by atoms with E-state index in [1.807, 2.05) is 30.3 Å². The molecule has 0 radical (unpaired) electrons. The molecular weight excluding hydrogens is 298 g/mol. The number of nitrogens with zero attached hydrogens (tertiary/aromatic N) is 1. The van der Waals surface area contributed by atoms with Gasteiger partial charge in [-0.05, 0) is 32.3 Å². The fourth-order valence-corrected chi connectivity index (χ4v) is 2.47. The lowest BCUT2D eigenvalue weighted by atomic mass is 10.1. The zero-order valence-electron chi connectivity index (χ0n) is 13.8. The lowest BCUT2D eigenvalue weighted by Gasteiger charge is -2.31. The fraction of sp³-hybridized carbons (Fsp3) is 0.529. The van der Waals surface area contributed by atoms with Gasteiger partial charge in [0.15, 0.2) is 5.60 Å². The van der Waals surface area contributed by atoms with E-state index >= 15 is 0 Å². The molecule has 6 nitrogen and oxygen atoms in total. The molecular formula is C17H23NO5. The first-order valence-electron chi connectivity index (χ1n) is 7.67. The Labute approximate surface area is 136 Å². The average molecular weight is 321 g/mol. The van der Waals surface area contributed by atoms with Crippen molar-refractivity contribution in [1.29, 1.82) is 0 Å². The van der Waals surface area contributed by atoms with E-state index in [0.29, 0.717) is 13.0 Å². The standard InChI is InChI=1S/C17H23NO5/c1-17(2,15(19)22-12-13-8-5-4-6-9-13)23-14-10-7-11-18(14)16(20)21-3/h4-6,8-9,14H,7,10-12H2,1-3H3/t14-/m0/s1. The van der Waals surface area contributed by atoms with Gasteiger partial charge in [0.2, 0.25) is 0 Å². The Hall–Kier alpha value is -2.08. The SMILES string of the molecule is COC(=O)N1CCC[C@@H]1OC(C)(C)C(=O)OCc1ccccc1. The second kappa shape index (κ2) is 7.46. The summed E-state index contributed by atoms with van der Waals surface area (Å²) in [6.45, 7) is 4.05. The molecule has 1 amide bonds. The van der Waals surface area contributed by atoms with Crippen molar-refractivity contribution in [3.8, 4) is 0 Å². The van der Waals surface area contributed by atoms with Crippen LogP contribution in [0.15, 0.2) is 30.3 Å². The van der Waals surface area contributed by atoms with Crippen LogP contribution in [0.4, 0.5) is 4.79 Å². The number of ether oxygens (including phenoxy) is 3. The fourth-order valence-electron chi connectivity index (χ4n) is 2.47. The van der Waals surface area contributed by atoms with Gasteiger partial charge in [0.1, 0.15) is 12.8 Å². The summed E-state index contributed by atoms with van der Waals surface area (Å²) in [6.07, 6.45) is 0.571. The molecule has 1 saturated heterocycles. The molecule has 0 aromatic heterocycles. The van der Waals surface area contributed by atoms with Crippen LogP contribution in [0, 0.1) is 0 Å². The largest absolute Gasteiger partial charge is 0.459 e. The Morgan fingerprint density at radius 1 is 1.26 bits per heavy atom. The van der Waals surface area contributed by atoms with E-state index in [-0.39, 0.29) is 6.61 Å². The third kappa shape index (κ3) is 4.45. The predicted molar refractivity (Wildman–Crippen MR) is 83.5 cm³/mol. The molecule has 1 fully saturated rings. The van der Waals surface area contributed by atoms with E-state index in [1.165, 1.54) is 12.0 Å². The van der Waals surface area contributed by atoms with Gasteiger partial charge in [0, 0.05) is 6.54 Å². The molecule has 0 bridgehead atoms. The number of carbonyl (C=O) groups is 2. The highest BCUT2D eigenvalue weighted by molar-refractivity contribution is 5.78. The van der Waals surface area contributed by atoms with Gasteiger partial charge >= 0.3 is 12.1 Å². The molecule has 0 saturated carbocycles. The van der Waals surface area contributed by atoms with Crippen molar-refractivity contribution in [1.82, 2.24) is 4.90 Å². The molecule has 2 rings (SSSR count). The molecule has 0 N–H and O–H groups in total. The van der Waals surface area contributed by atoms with Crippen molar-refractivity contribution >= 4 is 12.1 Å². The Morgan fingerprint density at radius 3 is 2.61 bits per heavy atom. The first-order valence-corrected chi connectivity index (χ1v) is 7.67. The van der Waals surface area contributed by atoms with Crippen LogP contribution in [-0.2, 0) is 25.6 Å². The van der Waals surface area contributed by atoms with Crippen LogP contribution < -0.4 is 0 Å². The minimum absolute atomic E-state index is 0.192. The Balaban J connectivity index is 1.92. The molecule has 1 aliphatic heterocycles. The second-order valence-electron chi connectivity index (χ2n) is 5.95. The lowest BCUT2D eigenvalue weighted by Crippen LogP contribution is -2.46. The maximum absolute atomic E-state index is 12.3. The molecule has 0 spiro atoms. The van der Waals surface area contributed by atoms with Crippen molar-refractivity contribution in [2.24, 2.45) is 0 Å². The van der Waals surface area contributed by atoms with Crippen LogP contribution in [0.3, 0.4) is 0 Å². The zero-order chi connectivity index (χ0) is 16.9. The smallest absolute Gasteiger partial charge is 0.411 e. The van der Waals surface area contributed by atoms with Crippen LogP contribution in [0.1, 0.15) is 32.3 Å². The van der Waals surface area contributed by atoms with Crippen molar-refractivity contribution < 1.29 is 23.8 Å². The molecule has 1 aromatic rings. The molecule has 1 aliphatic rings. The minimum atomic E-state index is -1.14. The maximum atomic E-state index is 12.3. The quantitative estimate of drug-likeness (QED) is 0.780. The number of hydrogen-bond donors (Lipinski definition) is 0. The molecule has 1 atom stereocenters. The number of rotatable bonds is 5. The third-order valence-corrected chi connectivity index (χ3v) is 3.74. The van der Waals surface area contributed by atoms with E-state index in [0.717, 1.165) is 12.0 Å².